The summed E-state index contributed by atoms with van der Waals surface area (Å²) in [5.74, 6) is -0.256. The minimum absolute atomic E-state index is 0.00860. The molecule has 25 heavy (non-hydrogen) atoms. The van der Waals surface area contributed by atoms with Crippen molar-refractivity contribution in [3.63, 3.8) is 0 Å². The van der Waals surface area contributed by atoms with Crippen LogP contribution in [0.1, 0.15) is 45.4 Å². The number of esters is 1. The zero-order chi connectivity index (χ0) is 18.3. The predicted molar refractivity (Wildman–Crippen MR) is 86.7 cm³/mol. The summed E-state index contributed by atoms with van der Waals surface area (Å²) < 4.78 is 20.9. The number of epoxide rings is 1. The average molecular weight is 362 g/mol. The van der Waals surface area contributed by atoms with E-state index in [1.807, 2.05) is 0 Å². The van der Waals surface area contributed by atoms with Gasteiger partial charge in [0.25, 0.3) is 0 Å². The molecule has 2 heterocycles. The van der Waals surface area contributed by atoms with Crippen molar-refractivity contribution in [1.29, 1.82) is 0 Å². The zero-order valence-corrected chi connectivity index (χ0v) is 14.8. The molecule has 8 heteroatoms. The summed E-state index contributed by atoms with van der Waals surface area (Å²) in [5, 5.41) is 28.8. The van der Waals surface area contributed by atoms with Crippen molar-refractivity contribution < 1.29 is 39.1 Å². The molecule has 3 N–H and O–H groups in total. The maximum Gasteiger partial charge on any atom is 0.340 e. The second-order valence-corrected chi connectivity index (χ2v) is 6.67. The van der Waals surface area contributed by atoms with Crippen molar-refractivity contribution in [2.45, 2.75) is 75.7 Å². The summed E-state index contributed by atoms with van der Waals surface area (Å²) in [6, 6.07) is 0. The Kier molecular flexibility index (Phi) is 8.05. The molecule has 2 saturated heterocycles. The van der Waals surface area contributed by atoms with E-state index in [2.05, 4.69) is 0 Å². The van der Waals surface area contributed by atoms with Gasteiger partial charge in [0.1, 0.15) is 12.2 Å². The van der Waals surface area contributed by atoms with Crippen LogP contribution >= 0.6 is 0 Å². The first-order valence-corrected chi connectivity index (χ1v) is 9.07. The van der Waals surface area contributed by atoms with E-state index in [9.17, 15) is 20.1 Å². The van der Waals surface area contributed by atoms with E-state index < -0.39 is 30.2 Å². The highest BCUT2D eigenvalue weighted by molar-refractivity contribution is 5.82. The molecule has 5 unspecified atom stereocenters. The highest BCUT2D eigenvalue weighted by Crippen LogP contribution is 2.34. The first-order valence-electron chi connectivity index (χ1n) is 9.07. The molecule has 0 bridgehead atoms. The van der Waals surface area contributed by atoms with E-state index in [4.69, 9.17) is 18.9 Å². The van der Waals surface area contributed by atoms with Crippen LogP contribution in [0.3, 0.4) is 0 Å². The molecule has 2 aliphatic heterocycles. The van der Waals surface area contributed by atoms with Crippen molar-refractivity contribution in [3.8, 4) is 0 Å². The lowest BCUT2D eigenvalue weighted by Gasteiger charge is -2.34. The number of aliphatic hydroxyl groups is 3. The van der Waals surface area contributed by atoms with E-state index in [1.54, 1.807) is 6.92 Å². The SMILES string of the molecule is CCOC(=O)C1(CCCCCCOCC2OC(O)CC(O)C2O)CO1. The Hall–Kier alpha value is -0.770. The van der Waals surface area contributed by atoms with Gasteiger partial charge in [-0.15, -0.1) is 0 Å². The van der Waals surface area contributed by atoms with Gasteiger partial charge in [0.2, 0.25) is 0 Å². The summed E-state index contributed by atoms with van der Waals surface area (Å²) in [6.07, 6.45) is 0.544. The Morgan fingerprint density at radius 1 is 1.20 bits per heavy atom. The minimum Gasteiger partial charge on any atom is -0.464 e. The summed E-state index contributed by atoms with van der Waals surface area (Å²) >= 11 is 0. The third kappa shape index (κ3) is 6.16. The maximum atomic E-state index is 11.7. The molecule has 8 nitrogen and oxygen atoms in total. The second kappa shape index (κ2) is 9.80. The van der Waals surface area contributed by atoms with E-state index in [-0.39, 0.29) is 19.0 Å². The molecular formula is C17H30O8. The van der Waals surface area contributed by atoms with Crippen LogP contribution in [0.5, 0.6) is 0 Å². The maximum absolute atomic E-state index is 11.7. The van der Waals surface area contributed by atoms with Crippen molar-refractivity contribution in [1.82, 2.24) is 0 Å². The normalized spacial score (nSPS) is 34.7. The number of hydrogen-bond donors (Lipinski definition) is 3. The molecule has 0 saturated carbocycles. The smallest absolute Gasteiger partial charge is 0.340 e. The molecule has 2 fully saturated rings. The summed E-state index contributed by atoms with van der Waals surface area (Å²) in [7, 11) is 0. The second-order valence-electron chi connectivity index (χ2n) is 6.67. The van der Waals surface area contributed by atoms with Gasteiger partial charge in [-0.25, -0.2) is 4.79 Å². The molecule has 5 atom stereocenters. The van der Waals surface area contributed by atoms with Gasteiger partial charge in [-0.05, 0) is 26.2 Å². The van der Waals surface area contributed by atoms with Crippen LogP contribution in [-0.4, -0.2) is 77.9 Å². The van der Waals surface area contributed by atoms with Gasteiger partial charge in [0.15, 0.2) is 11.9 Å². The van der Waals surface area contributed by atoms with Crippen LogP contribution < -0.4 is 0 Å². The quantitative estimate of drug-likeness (QED) is 0.269. The van der Waals surface area contributed by atoms with E-state index >= 15 is 0 Å². The molecule has 0 aliphatic carbocycles. The fraction of sp³-hybridized carbons (Fsp3) is 0.941. The number of ether oxygens (including phenoxy) is 4. The third-order valence-electron chi connectivity index (χ3n) is 4.59. The number of hydrogen-bond acceptors (Lipinski definition) is 8. The lowest BCUT2D eigenvalue weighted by Crippen LogP contribution is -2.50. The number of carbonyl (C=O) groups is 1. The van der Waals surface area contributed by atoms with Crippen LogP contribution in [0.15, 0.2) is 0 Å². The minimum atomic E-state index is -1.07. The van der Waals surface area contributed by atoms with E-state index in [0.717, 1.165) is 25.7 Å². The lowest BCUT2D eigenvalue weighted by molar-refractivity contribution is -0.242. The lowest BCUT2D eigenvalue weighted by atomic mass is 10.0. The van der Waals surface area contributed by atoms with Crippen LogP contribution in [0.4, 0.5) is 0 Å². The summed E-state index contributed by atoms with van der Waals surface area (Å²) in [5.41, 5.74) is -0.692. The molecule has 0 aromatic heterocycles. The number of rotatable bonds is 11. The molecule has 146 valence electrons. The topological polar surface area (TPSA) is 118 Å². The van der Waals surface area contributed by atoms with Gasteiger partial charge in [0, 0.05) is 13.0 Å². The molecule has 2 aliphatic rings. The molecule has 0 aromatic carbocycles. The summed E-state index contributed by atoms with van der Waals surface area (Å²) in [4.78, 5) is 11.7. The Morgan fingerprint density at radius 2 is 1.92 bits per heavy atom. The van der Waals surface area contributed by atoms with Crippen molar-refractivity contribution in [2.75, 3.05) is 26.4 Å². The fourth-order valence-corrected chi connectivity index (χ4v) is 2.95. The number of carbonyl (C=O) groups excluding carboxylic acids is 1. The van der Waals surface area contributed by atoms with Gasteiger partial charge in [-0.1, -0.05) is 12.8 Å². The van der Waals surface area contributed by atoms with Crippen molar-refractivity contribution in [2.24, 2.45) is 0 Å². The highest BCUT2D eigenvalue weighted by Gasteiger charge is 2.52. The standard InChI is InChI=1S/C17H30O8/c1-2-23-16(21)17(11-24-17)7-5-3-4-6-8-22-10-13-15(20)12(18)9-14(19)25-13/h12-15,18-20H,2-11H2,1H3. The Balaban J connectivity index is 1.48. The molecule has 0 amide bonds. The predicted octanol–water partition coefficient (Wildman–Crippen LogP) is 0.115. The van der Waals surface area contributed by atoms with Crippen molar-refractivity contribution >= 4 is 5.97 Å². The molecule has 0 spiro atoms. The molecule has 0 radical (unpaired) electrons. The van der Waals surface area contributed by atoms with E-state index in [1.165, 1.54) is 0 Å². The van der Waals surface area contributed by atoms with Crippen LogP contribution in [0.2, 0.25) is 0 Å². The summed E-state index contributed by atoms with van der Waals surface area (Å²) in [6.45, 7) is 3.26. The van der Waals surface area contributed by atoms with Crippen molar-refractivity contribution in [3.05, 3.63) is 0 Å². The van der Waals surface area contributed by atoms with Crippen LogP contribution in [0, 0.1) is 0 Å². The molecule has 0 aromatic rings. The zero-order valence-electron chi connectivity index (χ0n) is 14.8. The fourth-order valence-electron chi connectivity index (χ4n) is 2.95. The van der Waals surface area contributed by atoms with E-state index in [0.29, 0.717) is 26.2 Å². The largest absolute Gasteiger partial charge is 0.464 e. The van der Waals surface area contributed by atoms with Crippen LogP contribution in [0.25, 0.3) is 0 Å². The number of unbranched alkanes of at least 4 members (excludes halogenated alkanes) is 3. The first kappa shape index (κ1) is 20.5. The van der Waals surface area contributed by atoms with Gasteiger partial charge < -0.3 is 34.3 Å². The van der Waals surface area contributed by atoms with Gasteiger partial charge in [0.05, 0.1) is 25.9 Å². The van der Waals surface area contributed by atoms with Gasteiger partial charge >= 0.3 is 5.97 Å². The molecule has 2 rings (SSSR count). The van der Waals surface area contributed by atoms with Gasteiger partial charge in [-0.2, -0.15) is 0 Å². The third-order valence-corrected chi connectivity index (χ3v) is 4.59. The average Bonchev–Trinajstić information content (AvgIpc) is 3.35. The molecular weight excluding hydrogens is 332 g/mol. The van der Waals surface area contributed by atoms with Crippen LogP contribution in [-0.2, 0) is 23.7 Å². The highest BCUT2D eigenvalue weighted by atomic mass is 16.6. The first-order chi connectivity index (χ1) is 12.0. The Labute approximate surface area is 148 Å². The monoisotopic (exact) mass is 362 g/mol. The van der Waals surface area contributed by atoms with Gasteiger partial charge in [-0.3, -0.25) is 0 Å². The number of aliphatic hydroxyl groups excluding tert-OH is 3. The Bertz CT molecular complexity index is 411. The Morgan fingerprint density at radius 3 is 2.60 bits per heavy atom.